The minimum Gasteiger partial charge on any atom is -0.314 e. The smallest absolute Gasteiger partial charge is 0.226 e. The van der Waals surface area contributed by atoms with Crippen LogP contribution < -0.4 is 5.32 Å². The largest absolute Gasteiger partial charge is 0.314 e. The highest BCUT2D eigenvalue weighted by Gasteiger charge is 2.33. The van der Waals surface area contributed by atoms with Gasteiger partial charge in [0.2, 0.25) is 5.91 Å². The molecule has 1 N–H and O–H groups in total. The first-order chi connectivity index (χ1) is 10.2. The predicted octanol–water partition coefficient (Wildman–Crippen LogP) is 2.83. The van der Waals surface area contributed by atoms with Gasteiger partial charge in [-0.2, -0.15) is 0 Å². The van der Waals surface area contributed by atoms with Crippen LogP contribution in [0.2, 0.25) is 0 Å². The topological polar surface area (TPSA) is 46.9 Å². The van der Waals surface area contributed by atoms with Gasteiger partial charge in [0.25, 0.3) is 0 Å². The van der Waals surface area contributed by atoms with Gasteiger partial charge in [0, 0.05) is 25.3 Å². The van der Waals surface area contributed by atoms with Gasteiger partial charge in [-0.25, -0.2) is 9.37 Å². The summed E-state index contributed by atoms with van der Waals surface area (Å²) >= 11 is 0. The number of hydrogen-bond donors (Lipinski definition) is 1. The average Bonchev–Trinajstić information content (AvgIpc) is 2.85. The van der Waals surface area contributed by atoms with Gasteiger partial charge in [-0.1, -0.05) is 12.1 Å². The van der Waals surface area contributed by atoms with E-state index in [1.165, 1.54) is 12.1 Å². The van der Waals surface area contributed by atoms with Crippen LogP contribution in [-0.2, 0) is 17.8 Å². The molecular formula is C16H16FN3O. The SMILES string of the molecule is O=C1CC(c2cccc(F)c2)c2nc3n(c2N1)CCCC3. The number of nitrogens with zero attached hydrogens (tertiary/aromatic N) is 2. The number of amides is 1. The zero-order valence-corrected chi connectivity index (χ0v) is 11.6. The zero-order chi connectivity index (χ0) is 14.4. The molecule has 21 heavy (non-hydrogen) atoms. The standard InChI is InChI=1S/C16H16FN3O/c17-11-5-3-4-10(8-11)12-9-14(21)19-16-15(12)18-13-6-1-2-7-20(13)16/h3-5,8,12H,1-2,6-7,9H2,(H,19,21). The fourth-order valence-electron chi connectivity index (χ4n) is 3.34. The van der Waals surface area contributed by atoms with E-state index in [1.54, 1.807) is 6.07 Å². The molecule has 4 rings (SSSR count). The lowest BCUT2D eigenvalue weighted by Crippen LogP contribution is -2.25. The molecule has 2 aliphatic heterocycles. The van der Waals surface area contributed by atoms with Crippen molar-refractivity contribution in [1.29, 1.82) is 0 Å². The lowest BCUT2D eigenvalue weighted by atomic mass is 9.90. The minimum absolute atomic E-state index is 0.0231. The maximum absolute atomic E-state index is 13.5. The predicted molar refractivity (Wildman–Crippen MR) is 76.7 cm³/mol. The molecule has 0 saturated heterocycles. The summed E-state index contributed by atoms with van der Waals surface area (Å²) in [7, 11) is 0. The number of benzene rings is 1. The highest BCUT2D eigenvalue weighted by Crippen LogP contribution is 2.38. The lowest BCUT2D eigenvalue weighted by molar-refractivity contribution is -0.116. The summed E-state index contributed by atoms with van der Waals surface area (Å²) in [4.78, 5) is 16.8. The van der Waals surface area contributed by atoms with E-state index in [9.17, 15) is 9.18 Å². The van der Waals surface area contributed by atoms with E-state index in [2.05, 4.69) is 9.88 Å². The second-order valence-electron chi connectivity index (χ2n) is 5.73. The maximum atomic E-state index is 13.5. The second kappa shape index (κ2) is 4.69. The van der Waals surface area contributed by atoms with Crippen LogP contribution >= 0.6 is 0 Å². The average molecular weight is 285 g/mol. The Morgan fingerprint density at radius 3 is 3.10 bits per heavy atom. The molecule has 1 amide bonds. The van der Waals surface area contributed by atoms with Gasteiger partial charge in [0.05, 0.1) is 5.69 Å². The van der Waals surface area contributed by atoms with E-state index in [-0.39, 0.29) is 17.6 Å². The Labute approximate surface area is 122 Å². The van der Waals surface area contributed by atoms with Gasteiger partial charge in [0.15, 0.2) is 0 Å². The van der Waals surface area contributed by atoms with Gasteiger partial charge < -0.3 is 9.88 Å². The normalized spacial score (nSPS) is 20.6. The minimum atomic E-state index is -0.274. The summed E-state index contributed by atoms with van der Waals surface area (Å²) in [6.07, 6.45) is 3.51. The molecule has 3 heterocycles. The molecule has 5 heteroatoms. The third-order valence-corrected chi connectivity index (χ3v) is 4.33. The number of aryl methyl sites for hydroxylation is 1. The number of carbonyl (C=O) groups is 1. The summed E-state index contributed by atoms with van der Waals surface area (Å²) in [5, 5.41) is 2.95. The quantitative estimate of drug-likeness (QED) is 0.875. The molecule has 1 aromatic heterocycles. The van der Waals surface area contributed by atoms with Crippen molar-refractivity contribution in [2.75, 3.05) is 5.32 Å². The summed E-state index contributed by atoms with van der Waals surface area (Å²) in [6.45, 7) is 0.897. The monoisotopic (exact) mass is 285 g/mol. The second-order valence-corrected chi connectivity index (χ2v) is 5.73. The van der Waals surface area contributed by atoms with E-state index in [0.29, 0.717) is 6.42 Å². The van der Waals surface area contributed by atoms with Gasteiger partial charge in [-0.05, 0) is 30.5 Å². The molecular weight excluding hydrogens is 269 g/mol. The van der Waals surface area contributed by atoms with E-state index >= 15 is 0 Å². The van der Waals surface area contributed by atoms with Crippen molar-refractivity contribution >= 4 is 11.7 Å². The highest BCUT2D eigenvalue weighted by atomic mass is 19.1. The number of imidazole rings is 1. The molecule has 2 aromatic rings. The van der Waals surface area contributed by atoms with Crippen molar-refractivity contribution < 1.29 is 9.18 Å². The van der Waals surface area contributed by atoms with Gasteiger partial charge >= 0.3 is 0 Å². The molecule has 0 radical (unpaired) electrons. The number of halogens is 1. The molecule has 0 fully saturated rings. The van der Waals surface area contributed by atoms with E-state index in [0.717, 1.165) is 48.7 Å². The van der Waals surface area contributed by atoms with Crippen LogP contribution in [0.25, 0.3) is 0 Å². The Balaban J connectivity index is 1.84. The number of anilines is 1. The van der Waals surface area contributed by atoms with Crippen molar-refractivity contribution in [2.24, 2.45) is 0 Å². The maximum Gasteiger partial charge on any atom is 0.226 e. The first-order valence-corrected chi connectivity index (χ1v) is 7.37. The molecule has 0 saturated carbocycles. The Morgan fingerprint density at radius 1 is 1.33 bits per heavy atom. The molecule has 1 unspecified atom stereocenters. The Bertz CT molecular complexity index is 722. The van der Waals surface area contributed by atoms with Gasteiger partial charge in [-0.3, -0.25) is 4.79 Å². The molecule has 1 aromatic carbocycles. The molecule has 0 bridgehead atoms. The van der Waals surface area contributed by atoms with Crippen LogP contribution in [0.15, 0.2) is 24.3 Å². The van der Waals surface area contributed by atoms with Crippen molar-refractivity contribution in [3.63, 3.8) is 0 Å². The Kier molecular flexibility index (Phi) is 2.80. The van der Waals surface area contributed by atoms with Gasteiger partial charge in [-0.15, -0.1) is 0 Å². The molecule has 1 atom stereocenters. The zero-order valence-electron chi connectivity index (χ0n) is 11.6. The first kappa shape index (κ1) is 12.6. The third kappa shape index (κ3) is 2.04. The fraction of sp³-hybridized carbons (Fsp3) is 0.375. The van der Waals surface area contributed by atoms with Gasteiger partial charge in [0.1, 0.15) is 17.5 Å². The molecule has 108 valence electrons. The van der Waals surface area contributed by atoms with Crippen molar-refractivity contribution in [3.8, 4) is 0 Å². The number of fused-ring (bicyclic) bond motifs is 3. The molecule has 4 nitrogen and oxygen atoms in total. The van der Waals surface area contributed by atoms with E-state index in [1.807, 2.05) is 6.07 Å². The third-order valence-electron chi connectivity index (χ3n) is 4.33. The van der Waals surface area contributed by atoms with Crippen molar-refractivity contribution in [3.05, 3.63) is 47.2 Å². The Hall–Kier alpha value is -2.17. The number of rotatable bonds is 1. The van der Waals surface area contributed by atoms with Crippen LogP contribution in [0.1, 0.15) is 42.3 Å². The van der Waals surface area contributed by atoms with E-state index in [4.69, 9.17) is 4.98 Å². The summed E-state index contributed by atoms with van der Waals surface area (Å²) in [6, 6.07) is 6.48. The van der Waals surface area contributed by atoms with Crippen LogP contribution in [0.4, 0.5) is 10.2 Å². The fourth-order valence-corrected chi connectivity index (χ4v) is 3.34. The van der Waals surface area contributed by atoms with Crippen LogP contribution in [-0.4, -0.2) is 15.5 Å². The summed E-state index contributed by atoms with van der Waals surface area (Å²) in [5.41, 5.74) is 1.71. The number of aromatic nitrogens is 2. The number of carbonyl (C=O) groups excluding carboxylic acids is 1. The highest BCUT2D eigenvalue weighted by molar-refractivity contribution is 5.94. The van der Waals surface area contributed by atoms with Crippen LogP contribution in [0.5, 0.6) is 0 Å². The van der Waals surface area contributed by atoms with E-state index < -0.39 is 0 Å². The van der Waals surface area contributed by atoms with Crippen molar-refractivity contribution in [2.45, 2.75) is 38.1 Å². The summed E-state index contributed by atoms with van der Waals surface area (Å²) < 4.78 is 15.6. The molecule has 0 aliphatic carbocycles. The first-order valence-electron chi connectivity index (χ1n) is 7.37. The number of nitrogens with one attached hydrogen (secondary N) is 1. The molecule has 2 aliphatic rings. The Morgan fingerprint density at radius 2 is 2.24 bits per heavy atom. The van der Waals surface area contributed by atoms with Crippen molar-refractivity contribution in [1.82, 2.24) is 9.55 Å². The number of hydrogen-bond acceptors (Lipinski definition) is 2. The van der Waals surface area contributed by atoms with Crippen LogP contribution in [0, 0.1) is 5.82 Å². The molecule has 0 spiro atoms. The lowest BCUT2D eigenvalue weighted by Gasteiger charge is -2.24. The van der Waals surface area contributed by atoms with Crippen LogP contribution in [0.3, 0.4) is 0 Å². The summed E-state index contributed by atoms with van der Waals surface area (Å²) in [5.74, 6) is 1.40.